The van der Waals surface area contributed by atoms with Gasteiger partial charge in [-0.15, -0.1) is 0 Å². The summed E-state index contributed by atoms with van der Waals surface area (Å²) >= 11 is 6.03. The number of nitrogens with zero attached hydrogens (tertiary/aromatic N) is 1. The van der Waals surface area contributed by atoms with Crippen molar-refractivity contribution in [3.8, 4) is 17.6 Å². The highest BCUT2D eigenvalue weighted by Gasteiger charge is 2.11. The van der Waals surface area contributed by atoms with Crippen molar-refractivity contribution >= 4 is 23.2 Å². The summed E-state index contributed by atoms with van der Waals surface area (Å²) in [5.41, 5.74) is 1.31. The van der Waals surface area contributed by atoms with E-state index in [2.05, 4.69) is 10.6 Å². The Balaban J connectivity index is 2.03. The predicted octanol–water partition coefficient (Wildman–Crippen LogP) is 3.49. The third-order valence-electron chi connectivity index (χ3n) is 3.51. The van der Waals surface area contributed by atoms with Gasteiger partial charge in [0, 0.05) is 24.0 Å². The molecule has 0 aromatic heterocycles. The van der Waals surface area contributed by atoms with Gasteiger partial charge in [-0.05, 0) is 24.3 Å². The maximum Gasteiger partial charge on any atom is 0.267 e. The number of hydrogen-bond acceptors (Lipinski definition) is 5. The van der Waals surface area contributed by atoms with Gasteiger partial charge in [0.15, 0.2) is 0 Å². The van der Waals surface area contributed by atoms with Gasteiger partial charge in [-0.1, -0.05) is 29.8 Å². The minimum absolute atomic E-state index is 0.0631. The molecule has 0 heterocycles. The summed E-state index contributed by atoms with van der Waals surface area (Å²) < 4.78 is 10.3. The molecule has 0 unspecified atom stereocenters. The Morgan fingerprint density at radius 3 is 2.58 bits per heavy atom. The lowest BCUT2D eigenvalue weighted by atomic mass is 10.2. The molecular formula is C19H18ClN3O3. The van der Waals surface area contributed by atoms with Gasteiger partial charge in [-0.2, -0.15) is 5.26 Å². The fraction of sp³-hybridized carbons (Fsp3) is 0.158. The van der Waals surface area contributed by atoms with Crippen molar-refractivity contribution in [2.75, 3.05) is 19.5 Å². The van der Waals surface area contributed by atoms with E-state index in [4.69, 9.17) is 21.1 Å². The zero-order valence-electron chi connectivity index (χ0n) is 14.4. The smallest absolute Gasteiger partial charge is 0.267 e. The molecule has 2 aromatic rings. The molecule has 0 atom stereocenters. The van der Waals surface area contributed by atoms with E-state index < -0.39 is 5.91 Å². The Kier molecular flexibility index (Phi) is 6.89. The van der Waals surface area contributed by atoms with Gasteiger partial charge >= 0.3 is 0 Å². The van der Waals surface area contributed by atoms with Crippen molar-refractivity contribution in [3.05, 3.63) is 64.8 Å². The Bertz CT molecular complexity index is 859. The zero-order chi connectivity index (χ0) is 18.9. The molecule has 2 rings (SSSR count). The van der Waals surface area contributed by atoms with E-state index in [0.717, 1.165) is 11.3 Å². The van der Waals surface area contributed by atoms with Gasteiger partial charge in [-0.25, -0.2) is 0 Å². The molecule has 0 spiro atoms. The molecule has 134 valence electrons. The Morgan fingerprint density at radius 2 is 1.92 bits per heavy atom. The van der Waals surface area contributed by atoms with Crippen LogP contribution in [0, 0.1) is 11.3 Å². The van der Waals surface area contributed by atoms with Crippen LogP contribution in [0.3, 0.4) is 0 Å². The maximum absolute atomic E-state index is 12.2. The second-order valence-electron chi connectivity index (χ2n) is 5.17. The van der Waals surface area contributed by atoms with Crippen LogP contribution in [0.1, 0.15) is 5.56 Å². The predicted molar refractivity (Wildman–Crippen MR) is 100 cm³/mol. The number of halogens is 1. The van der Waals surface area contributed by atoms with Crippen LogP contribution in [-0.4, -0.2) is 20.1 Å². The number of para-hydroxylation sites is 1. The molecule has 26 heavy (non-hydrogen) atoms. The van der Waals surface area contributed by atoms with Crippen LogP contribution in [0.5, 0.6) is 11.5 Å². The molecule has 1 amide bonds. The first kappa shape index (κ1) is 19.2. The molecule has 2 N–H and O–H groups in total. The minimum Gasteiger partial charge on any atom is -0.496 e. The number of nitriles is 1. The largest absolute Gasteiger partial charge is 0.496 e. The number of amides is 1. The van der Waals surface area contributed by atoms with Gasteiger partial charge < -0.3 is 20.1 Å². The van der Waals surface area contributed by atoms with Gasteiger partial charge in [-0.3, -0.25) is 4.79 Å². The summed E-state index contributed by atoms with van der Waals surface area (Å²) in [6.45, 7) is 0.414. The van der Waals surface area contributed by atoms with Gasteiger partial charge in [0.2, 0.25) is 0 Å². The molecule has 0 bridgehead atoms. The highest BCUT2D eigenvalue weighted by atomic mass is 35.5. The normalized spacial score (nSPS) is 10.6. The van der Waals surface area contributed by atoms with Gasteiger partial charge in [0.25, 0.3) is 5.91 Å². The van der Waals surface area contributed by atoms with E-state index in [1.54, 1.807) is 25.3 Å². The van der Waals surface area contributed by atoms with Crippen molar-refractivity contribution in [1.29, 1.82) is 5.26 Å². The van der Waals surface area contributed by atoms with E-state index in [1.807, 2.05) is 30.3 Å². The molecule has 0 aliphatic rings. The first-order valence-electron chi connectivity index (χ1n) is 7.69. The lowest BCUT2D eigenvalue weighted by Crippen LogP contribution is -2.16. The third kappa shape index (κ3) is 4.91. The Morgan fingerprint density at radius 1 is 1.19 bits per heavy atom. The fourth-order valence-corrected chi connectivity index (χ4v) is 2.46. The quantitative estimate of drug-likeness (QED) is 0.575. The first-order valence-corrected chi connectivity index (χ1v) is 8.07. The summed E-state index contributed by atoms with van der Waals surface area (Å²) in [6, 6.07) is 14.2. The number of hydrogen-bond donors (Lipinski definition) is 2. The van der Waals surface area contributed by atoms with Crippen LogP contribution >= 0.6 is 11.6 Å². The summed E-state index contributed by atoms with van der Waals surface area (Å²) in [4.78, 5) is 12.2. The lowest BCUT2D eigenvalue weighted by molar-refractivity contribution is -0.112. The molecule has 0 radical (unpaired) electrons. The van der Waals surface area contributed by atoms with Crippen molar-refractivity contribution in [2.24, 2.45) is 0 Å². The molecular weight excluding hydrogens is 354 g/mol. The second-order valence-corrected chi connectivity index (χ2v) is 5.57. The molecule has 7 heteroatoms. The maximum atomic E-state index is 12.2. The minimum atomic E-state index is -0.540. The summed E-state index contributed by atoms with van der Waals surface area (Å²) in [7, 11) is 3.09. The van der Waals surface area contributed by atoms with Crippen LogP contribution in [0.25, 0.3) is 0 Å². The zero-order valence-corrected chi connectivity index (χ0v) is 15.1. The number of ether oxygens (including phenoxy) is 2. The van der Waals surface area contributed by atoms with Crippen molar-refractivity contribution in [3.63, 3.8) is 0 Å². The number of nitrogens with one attached hydrogen (secondary N) is 2. The monoisotopic (exact) mass is 371 g/mol. The molecule has 0 aliphatic heterocycles. The molecule has 0 saturated heterocycles. The highest BCUT2D eigenvalue weighted by molar-refractivity contribution is 6.32. The van der Waals surface area contributed by atoms with Crippen LogP contribution < -0.4 is 20.1 Å². The van der Waals surface area contributed by atoms with Crippen LogP contribution in [0.4, 0.5) is 5.69 Å². The van der Waals surface area contributed by atoms with Gasteiger partial charge in [0.05, 0.1) is 19.2 Å². The summed E-state index contributed by atoms with van der Waals surface area (Å²) in [5, 5.41) is 15.2. The van der Waals surface area contributed by atoms with Crippen molar-refractivity contribution < 1.29 is 14.3 Å². The average molecular weight is 372 g/mol. The van der Waals surface area contributed by atoms with E-state index in [1.165, 1.54) is 13.3 Å². The Labute approximate surface area is 157 Å². The number of carbonyl (C=O) groups excluding carboxylic acids is 1. The van der Waals surface area contributed by atoms with Crippen LogP contribution in [0.15, 0.2) is 54.2 Å². The van der Waals surface area contributed by atoms with E-state index in [-0.39, 0.29) is 5.57 Å². The number of benzene rings is 2. The molecule has 0 aliphatic carbocycles. The third-order valence-corrected chi connectivity index (χ3v) is 3.80. The molecule has 0 saturated carbocycles. The van der Waals surface area contributed by atoms with E-state index in [0.29, 0.717) is 23.0 Å². The SMILES string of the molecule is COc1ccc(NC(=O)/C(C#N)=C\NCc2ccccc2OC)cc1Cl. The van der Waals surface area contributed by atoms with E-state index >= 15 is 0 Å². The van der Waals surface area contributed by atoms with E-state index in [9.17, 15) is 10.1 Å². The highest BCUT2D eigenvalue weighted by Crippen LogP contribution is 2.27. The second kappa shape index (κ2) is 9.35. The number of carbonyl (C=O) groups is 1. The van der Waals surface area contributed by atoms with Crippen molar-refractivity contribution in [1.82, 2.24) is 5.32 Å². The summed E-state index contributed by atoms with van der Waals surface area (Å²) in [6.07, 6.45) is 1.37. The molecule has 2 aromatic carbocycles. The topological polar surface area (TPSA) is 83.4 Å². The molecule has 6 nitrogen and oxygen atoms in total. The standard InChI is InChI=1S/C19H18ClN3O3/c1-25-17-6-4-3-5-13(17)11-22-12-14(10-21)19(24)23-15-7-8-18(26-2)16(20)9-15/h3-9,12,22H,11H2,1-2H3,(H,23,24)/b14-12-. The lowest BCUT2D eigenvalue weighted by Gasteiger charge is -2.09. The first-order chi connectivity index (χ1) is 12.6. The van der Waals surface area contributed by atoms with Crippen LogP contribution in [0.2, 0.25) is 5.02 Å². The number of anilines is 1. The van der Waals surface area contributed by atoms with Crippen LogP contribution in [-0.2, 0) is 11.3 Å². The van der Waals surface area contributed by atoms with Crippen molar-refractivity contribution in [2.45, 2.75) is 6.54 Å². The summed E-state index contributed by atoms with van der Waals surface area (Å²) in [5.74, 6) is 0.685. The Hall–Kier alpha value is -3.17. The fourth-order valence-electron chi connectivity index (χ4n) is 2.20. The number of methoxy groups -OCH3 is 2. The number of rotatable bonds is 7. The average Bonchev–Trinajstić information content (AvgIpc) is 2.65. The van der Waals surface area contributed by atoms with Gasteiger partial charge in [0.1, 0.15) is 23.1 Å². The molecule has 0 fully saturated rings.